The number of ketones is 1. The van der Waals surface area contributed by atoms with Crippen molar-refractivity contribution < 1.29 is 9.18 Å². The minimum absolute atomic E-state index is 0.111. The number of carbonyl (C=O) groups excluding carboxylic acids is 1. The van der Waals surface area contributed by atoms with E-state index in [4.69, 9.17) is 0 Å². The van der Waals surface area contributed by atoms with Gasteiger partial charge in [0.25, 0.3) is 0 Å². The molecule has 0 amide bonds. The molecule has 1 unspecified atom stereocenters. The Morgan fingerprint density at radius 3 is 2.57 bits per heavy atom. The fraction of sp³-hybridized carbons (Fsp3) is 0.588. The summed E-state index contributed by atoms with van der Waals surface area (Å²) in [6, 6.07) is 6.55. The van der Waals surface area contributed by atoms with E-state index in [-0.39, 0.29) is 11.6 Å². The molecule has 1 aromatic rings. The SMILES string of the molecule is O=C(CCN1CCC(N2CCCC2)C1)c1ccc(F)cc1. The summed E-state index contributed by atoms with van der Waals surface area (Å²) in [7, 11) is 0. The minimum atomic E-state index is -0.292. The van der Waals surface area contributed by atoms with Crippen LogP contribution in [0.3, 0.4) is 0 Å². The van der Waals surface area contributed by atoms with E-state index in [0.717, 1.165) is 19.6 Å². The van der Waals surface area contributed by atoms with E-state index in [0.29, 0.717) is 18.0 Å². The highest BCUT2D eigenvalue weighted by Crippen LogP contribution is 2.20. The van der Waals surface area contributed by atoms with Crippen molar-refractivity contribution in [2.24, 2.45) is 0 Å². The van der Waals surface area contributed by atoms with Crippen molar-refractivity contribution in [2.75, 3.05) is 32.7 Å². The molecule has 3 rings (SSSR count). The normalized spacial score (nSPS) is 23.8. The van der Waals surface area contributed by atoms with Crippen molar-refractivity contribution in [3.05, 3.63) is 35.6 Å². The van der Waals surface area contributed by atoms with E-state index in [1.54, 1.807) is 12.1 Å². The molecule has 2 heterocycles. The summed E-state index contributed by atoms with van der Waals surface area (Å²) in [6.45, 7) is 5.50. The van der Waals surface area contributed by atoms with Crippen LogP contribution >= 0.6 is 0 Å². The highest BCUT2D eigenvalue weighted by Gasteiger charge is 2.29. The number of likely N-dealkylation sites (tertiary alicyclic amines) is 2. The van der Waals surface area contributed by atoms with Gasteiger partial charge in [-0.2, -0.15) is 0 Å². The molecule has 0 saturated carbocycles. The largest absolute Gasteiger partial charge is 0.301 e. The third-order valence-electron chi connectivity index (χ3n) is 4.73. The van der Waals surface area contributed by atoms with Crippen LogP contribution in [-0.2, 0) is 0 Å². The quantitative estimate of drug-likeness (QED) is 0.779. The van der Waals surface area contributed by atoms with Crippen molar-refractivity contribution in [3.8, 4) is 0 Å². The average molecular weight is 290 g/mol. The fourth-order valence-electron chi connectivity index (χ4n) is 3.46. The second kappa shape index (κ2) is 6.67. The van der Waals surface area contributed by atoms with E-state index >= 15 is 0 Å². The van der Waals surface area contributed by atoms with Crippen molar-refractivity contribution >= 4 is 5.78 Å². The van der Waals surface area contributed by atoms with E-state index in [9.17, 15) is 9.18 Å². The maximum absolute atomic E-state index is 12.8. The molecule has 0 aromatic heterocycles. The number of Topliss-reactive ketones (excluding diaryl/α,β-unsaturated/α-hetero) is 1. The summed E-state index contributed by atoms with van der Waals surface area (Å²) in [5.74, 6) is -0.181. The maximum Gasteiger partial charge on any atom is 0.164 e. The van der Waals surface area contributed by atoms with Crippen LogP contribution in [0.5, 0.6) is 0 Å². The van der Waals surface area contributed by atoms with Gasteiger partial charge in [-0.1, -0.05) is 0 Å². The third-order valence-corrected chi connectivity index (χ3v) is 4.73. The average Bonchev–Trinajstić information content (AvgIpc) is 3.16. The first-order valence-corrected chi connectivity index (χ1v) is 7.97. The van der Waals surface area contributed by atoms with Gasteiger partial charge in [-0.15, -0.1) is 0 Å². The Kier molecular flexibility index (Phi) is 4.66. The Bertz CT molecular complexity index is 482. The first-order valence-electron chi connectivity index (χ1n) is 7.97. The van der Waals surface area contributed by atoms with Gasteiger partial charge in [-0.3, -0.25) is 9.69 Å². The van der Waals surface area contributed by atoms with Gasteiger partial charge in [0.2, 0.25) is 0 Å². The van der Waals surface area contributed by atoms with Gasteiger partial charge in [0.1, 0.15) is 5.82 Å². The molecule has 2 aliphatic rings. The van der Waals surface area contributed by atoms with Crippen LogP contribution in [0, 0.1) is 5.82 Å². The van der Waals surface area contributed by atoms with Crippen molar-refractivity contribution in [3.63, 3.8) is 0 Å². The lowest BCUT2D eigenvalue weighted by Gasteiger charge is -2.23. The summed E-state index contributed by atoms with van der Waals surface area (Å²) in [5.41, 5.74) is 0.617. The van der Waals surface area contributed by atoms with Crippen LogP contribution in [0.4, 0.5) is 4.39 Å². The molecule has 0 bridgehead atoms. The van der Waals surface area contributed by atoms with Crippen LogP contribution in [0.1, 0.15) is 36.0 Å². The molecule has 2 fully saturated rings. The molecule has 0 spiro atoms. The first kappa shape index (κ1) is 14.7. The van der Waals surface area contributed by atoms with Crippen molar-refractivity contribution in [1.82, 2.24) is 9.80 Å². The number of halogens is 1. The zero-order chi connectivity index (χ0) is 14.7. The smallest absolute Gasteiger partial charge is 0.164 e. The molecule has 3 nitrogen and oxygen atoms in total. The number of carbonyl (C=O) groups is 1. The fourth-order valence-corrected chi connectivity index (χ4v) is 3.46. The molecule has 1 aromatic carbocycles. The Morgan fingerprint density at radius 2 is 1.86 bits per heavy atom. The zero-order valence-electron chi connectivity index (χ0n) is 12.4. The molecule has 2 aliphatic heterocycles. The first-order chi connectivity index (χ1) is 10.2. The van der Waals surface area contributed by atoms with Crippen molar-refractivity contribution in [1.29, 1.82) is 0 Å². The monoisotopic (exact) mass is 290 g/mol. The molecule has 4 heteroatoms. The van der Waals surface area contributed by atoms with Gasteiger partial charge in [0.05, 0.1) is 0 Å². The van der Waals surface area contributed by atoms with Gasteiger partial charge in [-0.05, 0) is 63.2 Å². The summed E-state index contributed by atoms with van der Waals surface area (Å²) in [4.78, 5) is 17.1. The maximum atomic E-state index is 12.8. The number of hydrogen-bond donors (Lipinski definition) is 0. The van der Waals surface area contributed by atoms with Gasteiger partial charge in [0.15, 0.2) is 5.78 Å². The van der Waals surface area contributed by atoms with E-state index < -0.39 is 0 Å². The standard InChI is InChI=1S/C17H23FN2O/c18-15-5-3-14(4-6-15)17(21)8-12-19-11-7-16(13-19)20-9-1-2-10-20/h3-6,16H,1-2,7-13H2. The van der Waals surface area contributed by atoms with Crippen molar-refractivity contribution in [2.45, 2.75) is 31.7 Å². The van der Waals surface area contributed by atoms with Crippen LogP contribution < -0.4 is 0 Å². The predicted octanol–water partition coefficient (Wildman–Crippen LogP) is 2.57. The summed E-state index contributed by atoms with van der Waals surface area (Å²) in [5, 5.41) is 0. The molecular weight excluding hydrogens is 267 g/mol. The summed E-state index contributed by atoms with van der Waals surface area (Å²) < 4.78 is 12.8. The van der Waals surface area contributed by atoms with Gasteiger partial charge in [-0.25, -0.2) is 4.39 Å². The minimum Gasteiger partial charge on any atom is -0.301 e. The van der Waals surface area contributed by atoms with Gasteiger partial charge >= 0.3 is 0 Å². The van der Waals surface area contributed by atoms with Crippen LogP contribution in [0.25, 0.3) is 0 Å². The highest BCUT2D eigenvalue weighted by molar-refractivity contribution is 5.96. The summed E-state index contributed by atoms with van der Waals surface area (Å²) in [6.07, 6.45) is 4.42. The number of benzene rings is 1. The van der Waals surface area contributed by atoms with Gasteiger partial charge < -0.3 is 4.90 Å². The Labute approximate surface area is 125 Å². The number of rotatable bonds is 5. The molecule has 114 valence electrons. The lowest BCUT2D eigenvalue weighted by atomic mass is 10.1. The Hall–Kier alpha value is -1.26. The number of hydrogen-bond acceptors (Lipinski definition) is 3. The molecule has 2 saturated heterocycles. The molecular formula is C17H23FN2O. The Morgan fingerprint density at radius 1 is 1.14 bits per heavy atom. The molecule has 0 radical (unpaired) electrons. The lowest BCUT2D eigenvalue weighted by molar-refractivity contribution is 0.0967. The Balaban J connectivity index is 1.45. The number of nitrogens with zero attached hydrogens (tertiary/aromatic N) is 2. The molecule has 1 atom stereocenters. The lowest BCUT2D eigenvalue weighted by Crippen LogP contribution is -2.35. The van der Waals surface area contributed by atoms with E-state index in [1.165, 1.54) is 44.5 Å². The third kappa shape index (κ3) is 3.69. The molecule has 21 heavy (non-hydrogen) atoms. The topological polar surface area (TPSA) is 23.6 Å². The molecule has 0 aliphatic carbocycles. The predicted molar refractivity (Wildman–Crippen MR) is 81.0 cm³/mol. The highest BCUT2D eigenvalue weighted by atomic mass is 19.1. The molecule has 0 N–H and O–H groups in total. The summed E-state index contributed by atoms with van der Waals surface area (Å²) >= 11 is 0. The zero-order valence-corrected chi connectivity index (χ0v) is 12.4. The van der Waals surface area contributed by atoms with E-state index in [2.05, 4.69) is 9.80 Å². The second-order valence-corrected chi connectivity index (χ2v) is 6.17. The van der Waals surface area contributed by atoms with Gasteiger partial charge in [0, 0.05) is 31.1 Å². The van der Waals surface area contributed by atoms with Crippen LogP contribution in [0.15, 0.2) is 24.3 Å². The van der Waals surface area contributed by atoms with Crippen LogP contribution in [0.2, 0.25) is 0 Å². The second-order valence-electron chi connectivity index (χ2n) is 6.17. The van der Waals surface area contributed by atoms with E-state index in [1.807, 2.05) is 0 Å². The van der Waals surface area contributed by atoms with Crippen LogP contribution in [-0.4, -0.2) is 54.3 Å².